The average Bonchev–Trinajstić information content (AvgIpc) is 2.76. The first-order valence-electron chi connectivity index (χ1n) is 11.9. The molecule has 2 heterocycles. The Labute approximate surface area is 207 Å². The molecule has 1 fully saturated rings. The molecule has 2 aromatic carbocycles. The van der Waals surface area contributed by atoms with Crippen LogP contribution in [0.2, 0.25) is 0 Å². The van der Waals surface area contributed by atoms with Crippen LogP contribution >= 0.6 is 0 Å². The summed E-state index contributed by atoms with van der Waals surface area (Å²) in [6.07, 6.45) is 1.52. The van der Waals surface area contributed by atoms with Crippen LogP contribution in [0.4, 0.5) is 16.3 Å². The van der Waals surface area contributed by atoms with Gasteiger partial charge >= 0.3 is 6.09 Å². The summed E-state index contributed by atoms with van der Waals surface area (Å²) in [5, 5.41) is 0. The second-order valence-electron chi connectivity index (χ2n) is 11.1. The highest BCUT2D eigenvalue weighted by Gasteiger charge is 2.40. The third-order valence-electron chi connectivity index (χ3n) is 5.93. The molecular weight excluding hydrogens is 442 g/mol. The molecule has 0 saturated carbocycles. The van der Waals surface area contributed by atoms with Gasteiger partial charge in [0.15, 0.2) is 0 Å². The van der Waals surface area contributed by atoms with Crippen molar-refractivity contribution in [3.05, 3.63) is 48.7 Å². The molecule has 35 heavy (non-hydrogen) atoms. The van der Waals surface area contributed by atoms with E-state index in [2.05, 4.69) is 30.7 Å². The van der Waals surface area contributed by atoms with Crippen molar-refractivity contribution < 1.29 is 14.3 Å². The van der Waals surface area contributed by atoms with E-state index in [4.69, 9.17) is 20.2 Å². The van der Waals surface area contributed by atoms with Crippen LogP contribution in [-0.2, 0) is 4.74 Å². The van der Waals surface area contributed by atoms with Gasteiger partial charge in [0.1, 0.15) is 22.9 Å². The Hall–Kier alpha value is -3.55. The Kier molecular flexibility index (Phi) is 6.49. The van der Waals surface area contributed by atoms with E-state index in [1.54, 1.807) is 12.3 Å². The van der Waals surface area contributed by atoms with Gasteiger partial charge in [-0.15, -0.1) is 0 Å². The SMILES string of the molecule is CC(C)(C)OC(=O)N1CCN(c2cnc3ccc(Oc4cccc(N)c4)cc3n2)CC1C(C)(C)C. The first kappa shape index (κ1) is 24.6. The van der Waals surface area contributed by atoms with Gasteiger partial charge in [0.25, 0.3) is 0 Å². The smallest absolute Gasteiger partial charge is 0.410 e. The van der Waals surface area contributed by atoms with Crippen LogP contribution in [0.3, 0.4) is 0 Å². The summed E-state index contributed by atoms with van der Waals surface area (Å²) in [6, 6.07) is 12.9. The van der Waals surface area contributed by atoms with Crippen molar-refractivity contribution >= 4 is 28.6 Å². The molecule has 1 unspecified atom stereocenters. The lowest BCUT2D eigenvalue weighted by Crippen LogP contribution is -2.60. The Morgan fingerprint density at radius 2 is 1.74 bits per heavy atom. The number of nitrogens with two attached hydrogens (primary N) is 1. The molecule has 186 valence electrons. The maximum Gasteiger partial charge on any atom is 0.410 e. The standard InChI is InChI=1S/C27H35N5O3/c1-26(2,3)23-17-31(12-13-32(23)25(33)35-27(4,5)6)24-16-29-21-11-10-20(15-22(21)30-24)34-19-9-7-8-18(28)14-19/h7-11,14-16,23H,12-13,17,28H2,1-6H3. The van der Waals surface area contributed by atoms with Crippen LogP contribution in [0, 0.1) is 5.41 Å². The Bertz CT molecular complexity index is 1220. The lowest BCUT2D eigenvalue weighted by molar-refractivity contribution is -0.000695. The number of anilines is 2. The molecule has 1 aliphatic rings. The fraction of sp³-hybridized carbons (Fsp3) is 0.444. The fourth-order valence-electron chi connectivity index (χ4n) is 4.18. The van der Waals surface area contributed by atoms with Gasteiger partial charge in [-0.1, -0.05) is 26.8 Å². The highest BCUT2D eigenvalue weighted by atomic mass is 16.6. The van der Waals surface area contributed by atoms with Gasteiger partial charge in [-0.25, -0.2) is 9.78 Å². The Morgan fingerprint density at radius 3 is 2.43 bits per heavy atom. The van der Waals surface area contributed by atoms with Gasteiger partial charge < -0.3 is 25.0 Å². The minimum Gasteiger partial charge on any atom is -0.457 e. The zero-order valence-electron chi connectivity index (χ0n) is 21.4. The van der Waals surface area contributed by atoms with E-state index in [9.17, 15) is 4.79 Å². The number of rotatable bonds is 3. The second kappa shape index (κ2) is 9.24. The molecule has 1 aliphatic heterocycles. The molecular formula is C27H35N5O3. The predicted molar refractivity (Wildman–Crippen MR) is 139 cm³/mol. The van der Waals surface area contributed by atoms with Gasteiger partial charge in [-0.2, -0.15) is 0 Å². The zero-order valence-corrected chi connectivity index (χ0v) is 21.4. The van der Waals surface area contributed by atoms with E-state index in [-0.39, 0.29) is 17.6 Å². The summed E-state index contributed by atoms with van der Waals surface area (Å²) in [4.78, 5) is 26.5. The predicted octanol–water partition coefficient (Wildman–Crippen LogP) is 5.48. The maximum atomic E-state index is 12.9. The number of ether oxygens (including phenoxy) is 2. The molecule has 8 heteroatoms. The monoisotopic (exact) mass is 477 g/mol. The number of carbonyl (C=O) groups is 1. The fourth-order valence-corrected chi connectivity index (χ4v) is 4.18. The third kappa shape index (κ3) is 5.93. The number of nitrogen functional groups attached to an aromatic ring is 1. The van der Waals surface area contributed by atoms with Gasteiger partial charge in [0, 0.05) is 37.5 Å². The average molecular weight is 478 g/mol. The number of benzene rings is 2. The molecule has 0 spiro atoms. The number of carbonyl (C=O) groups excluding carboxylic acids is 1. The molecule has 8 nitrogen and oxygen atoms in total. The number of hydrogen-bond donors (Lipinski definition) is 1. The van der Waals surface area contributed by atoms with Crippen LogP contribution in [-0.4, -0.2) is 52.2 Å². The van der Waals surface area contributed by atoms with Gasteiger partial charge in [0.2, 0.25) is 0 Å². The highest BCUT2D eigenvalue weighted by molar-refractivity contribution is 5.77. The summed E-state index contributed by atoms with van der Waals surface area (Å²) in [5.74, 6) is 2.10. The molecule has 0 aliphatic carbocycles. The third-order valence-corrected chi connectivity index (χ3v) is 5.93. The van der Waals surface area contributed by atoms with E-state index in [0.717, 1.165) is 16.9 Å². The van der Waals surface area contributed by atoms with Crippen LogP contribution in [0.25, 0.3) is 11.0 Å². The number of amides is 1. The van der Waals surface area contributed by atoms with E-state index >= 15 is 0 Å². The second-order valence-corrected chi connectivity index (χ2v) is 11.1. The number of aromatic nitrogens is 2. The summed E-state index contributed by atoms with van der Waals surface area (Å²) in [6.45, 7) is 13.9. The molecule has 0 bridgehead atoms. The minimum absolute atomic E-state index is 0.0400. The lowest BCUT2D eigenvalue weighted by atomic mass is 9.84. The first-order valence-corrected chi connectivity index (χ1v) is 11.9. The molecule has 0 radical (unpaired) electrons. The normalized spacial score (nSPS) is 16.9. The molecule has 3 aromatic rings. The van der Waals surface area contributed by atoms with Crippen molar-refractivity contribution in [2.75, 3.05) is 30.3 Å². The van der Waals surface area contributed by atoms with Gasteiger partial charge in [-0.3, -0.25) is 4.98 Å². The molecule has 1 aromatic heterocycles. The molecule has 1 atom stereocenters. The van der Waals surface area contributed by atoms with Crippen molar-refractivity contribution in [1.29, 1.82) is 0 Å². The topological polar surface area (TPSA) is 93.8 Å². The van der Waals surface area contributed by atoms with Crippen LogP contribution in [0.15, 0.2) is 48.7 Å². The summed E-state index contributed by atoms with van der Waals surface area (Å²) < 4.78 is 11.7. The van der Waals surface area contributed by atoms with E-state index < -0.39 is 5.60 Å². The van der Waals surface area contributed by atoms with E-state index in [0.29, 0.717) is 36.8 Å². The van der Waals surface area contributed by atoms with E-state index in [1.165, 1.54) is 0 Å². The lowest BCUT2D eigenvalue weighted by Gasteiger charge is -2.47. The van der Waals surface area contributed by atoms with Crippen molar-refractivity contribution in [2.24, 2.45) is 5.41 Å². The van der Waals surface area contributed by atoms with Crippen LogP contribution < -0.4 is 15.4 Å². The van der Waals surface area contributed by atoms with Crippen molar-refractivity contribution in [3.63, 3.8) is 0 Å². The quantitative estimate of drug-likeness (QED) is 0.500. The van der Waals surface area contributed by atoms with Crippen LogP contribution in [0.5, 0.6) is 11.5 Å². The molecule has 1 saturated heterocycles. The van der Waals surface area contributed by atoms with Crippen molar-refractivity contribution in [2.45, 2.75) is 53.2 Å². The largest absolute Gasteiger partial charge is 0.457 e. The summed E-state index contributed by atoms with van der Waals surface area (Å²) >= 11 is 0. The number of fused-ring (bicyclic) bond motifs is 1. The van der Waals surface area contributed by atoms with Gasteiger partial charge in [-0.05, 0) is 50.5 Å². The van der Waals surface area contributed by atoms with Crippen molar-refractivity contribution in [3.8, 4) is 11.5 Å². The molecule has 4 rings (SSSR count). The van der Waals surface area contributed by atoms with Crippen molar-refractivity contribution in [1.82, 2.24) is 14.9 Å². The first-order chi connectivity index (χ1) is 16.4. The zero-order chi connectivity index (χ0) is 25.4. The van der Waals surface area contributed by atoms with Gasteiger partial charge in [0.05, 0.1) is 23.3 Å². The number of nitrogens with zero attached hydrogens (tertiary/aromatic N) is 4. The molecule has 2 N–H and O–H groups in total. The summed E-state index contributed by atoms with van der Waals surface area (Å²) in [7, 11) is 0. The number of hydrogen-bond acceptors (Lipinski definition) is 7. The Morgan fingerprint density at radius 1 is 1.00 bits per heavy atom. The van der Waals surface area contributed by atoms with Crippen LogP contribution in [0.1, 0.15) is 41.5 Å². The highest BCUT2D eigenvalue weighted by Crippen LogP contribution is 2.32. The maximum absolute atomic E-state index is 12.9. The number of piperazine rings is 1. The summed E-state index contributed by atoms with van der Waals surface area (Å²) in [5.41, 5.74) is 7.36. The Balaban J connectivity index is 1.57. The minimum atomic E-state index is -0.536. The molecule has 1 amide bonds. The van der Waals surface area contributed by atoms with E-state index in [1.807, 2.05) is 62.1 Å².